The van der Waals surface area contributed by atoms with Crippen molar-refractivity contribution in [2.24, 2.45) is 5.73 Å². The second-order valence-corrected chi connectivity index (χ2v) is 6.77. The van der Waals surface area contributed by atoms with Gasteiger partial charge in [-0.2, -0.15) is 0 Å². The van der Waals surface area contributed by atoms with Crippen LogP contribution in [0.25, 0.3) is 0 Å². The summed E-state index contributed by atoms with van der Waals surface area (Å²) in [4.78, 5) is 0. The van der Waals surface area contributed by atoms with Gasteiger partial charge in [0.05, 0.1) is 0 Å². The zero-order valence-electron chi connectivity index (χ0n) is 9.84. The molecular weight excluding hydrogens is 413 g/mol. The van der Waals surface area contributed by atoms with E-state index in [4.69, 9.17) is 28.9 Å². The quantitative estimate of drug-likeness (QED) is 0.667. The molecule has 1 nitrogen and oxygen atoms in total. The van der Waals surface area contributed by atoms with Crippen molar-refractivity contribution in [3.63, 3.8) is 0 Å². The van der Waals surface area contributed by atoms with Gasteiger partial charge in [0.15, 0.2) is 0 Å². The fraction of sp³-hybridized carbons (Fsp3) is 0.143. The standard InChI is InChI=1S/C14H11Br2Cl2N/c15-11-4-2-9(5-12(11)16)14(19)6-8-1-3-10(17)7-13(8)18/h1-5,7,14H,6,19H2. The molecule has 1 unspecified atom stereocenters. The van der Waals surface area contributed by atoms with Crippen LogP contribution >= 0.6 is 55.1 Å². The number of hydrogen-bond acceptors (Lipinski definition) is 1. The Morgan fingerprint density at radius 2 is 1.74 bits per heavy atom. The molecule has 0 heterocycles. The van der Waals surface area contributed by atoms with Gasteiger partial charge in [-0.15, -0.1) is 0 Å². The topological polar surface area (TPSA) is 26.0 Å². The van der Waals surface area contributed by atoms with Gasteiger partial charge >= 0.3 is 0 Å². The summed E-state index contributed by atoms with van der Waals surface area (Å²) in [6, 6.07) is 11.4. The monoisotopic (exact) mass is 421 g/mol. The Kier molecular flexibility index (Phi) is 5.32. The van der Waals surface area contributed by atoms with Crippen molar-refractivity contribution in [3.8, 4) is 0 Å². The third kappa shape index (κ3) is 3.96. The van der Waals surface area contributed by atoms with E-state index in [1.807, 2.05) is 30.3 Å². The first-order chi connectivity index (χ1) is 8.97. The molecule has 0 radical (unpaired) electrons. The van der Waals surface area contributed by atoms with Crippen molar-refractivity contribution in [1.82, 2.24) is 0 Å². The molecule has 5 heteroatoms. The van der Waals surface area contributed by atoms with E-state index in [-0.39, 0.29) is 6.04 Å². The Hall–Kier alpha value is -0.0600. The zero-order chi connectivity index (χ0) is 14.0. The van der Waals surface area contributed by atoms with Crippen molar-refractivity contribution in [1.29, 1.82) is 0 Å². The highest BCUT2D eigenvalue weighted by Gasteiger charge is 2.11. The summed E-state index contributed by atoms with van der Waals surface area (Å²) < 4.78 is 2.00. The lowest BCUT2D eigenvalue weighted by atomic mass is 10.00. The normalized spacial score (nSPS) is 12.5. The number of halogens is 4. The first-order valence-corrected chi connectivity index (χ1v) is 7.96. The average Bonchev–Trinajstić information content (AvgIpc) is 2.36. The van der Waals surface area contributed by atoms with Crippen molar-refractivity contribution in [2.75, 3.05) is 0 Å². The number of rotatable bonds is 3. The Balaban J connectivity index is 2.20. The van der Waals surface area contributed by atoms with E-state index in [0.29, 0.717) is 16.5 Å². The number of nitrogens with two attached hydrogens (primary N) is 1. The van der Waals surface area contributed by atoms with Crippen molar-refractivity contribution < 1.29 is 0 Å². The summed E-state index contributed by atoms with van der Waals surface area (Å²) in [6.45, 7) is 0. The first kappa shape index (κ1) is 15.3. The highest BCUT2D eigenvalue weighted by Crippen LogP contribution is 2.29. The van der Waals surface area contributed by atoms with Crippen LogP contribution in [0.1, 0.15) is 17.2 Å². The van der Waals surface area contributed by atoms with E-state index >= 15 is 0 Å². The van der Waals surface area contributed by atoms with Gasteiger partial charge in [-0.05, 0) is 73.7 Å². The number of benzene rings is 2. The van der Waals surface area contributed by atoms with Gasteiger partial charge < -0.3 is 5.73 Å². The van der Waals surface area contributed by atoms with Crippen LogP contribution in [0.4, 0.5) is 0 Å². The van der Waals surface area contributed by atoms with Crippen LogP contribution in [0.5, 0.6) is 0 Å². The summed E-state index contributed by atoms with van der Waals surface area (Å²) in [6.07, 6.45) is 0.671. The predicted octanol–water partition coefficient (Wildman–Crippen LogP) is 5.76. The first-order valence-electron chi connectivity index (χ1n) is 5.62. The molecule has 2 aromatic rings. The van der Waals surface area contributed by atoms with Gasteiger partial charge in [-0.1, -0.05) is 35.3 Å². The van der Waals surface area contributed by atoms with Crippen LogP contribution in [0.15, 0.2) is 45.3 Å². The summed E-state index contributed by atoms with van der Waals surface area (Å²) >= 11 is 19.0. The summed E-state index contributed by atoms with van der Waals surface area (Å²) in [5, 5.41) is 1.29. The highest BCUT2D eigenvalue weighted by molar-refractivity contribution is 9.13. The molecular formula is C14H11Br2Cl2N. The Morgan fingerprint density at radius 1 is 1.00 bits per heavy atom. The Morgan fingerprint density at radius 3 is 2.37 bits per heavy atom. The van der Waals surface area contributed by atoms with Gasteiger partial charge in [0.1, 0.15) is 0 Å². The van der Waals surface area contributed by atoms with E-state index in [9.17, 15) is 0 Å². The van der Waals surface area contributed by atoms with Gasteiger partial charge in [0.25, 0.3) is 0 Å². The minimum absolute atomic E-state index is 0.108. The lowest BCUT2D eigenvalue weighted by Gasteiger charge is -2.14. The molecule has 0 amide bonds. The van der Waals surface area contributed by atoms with E-state index < -0.39 is 0 Å². The molecule has 0 fully saturated rings. The lowest BCUT2D eigenvalue weighted by Crippen LogP contribution is -2.13. The molecule has 0 aromatic heterocycles. The summed E-state index contributed by atoms with van der Waals surface area (Å²) in [7, 11) is 0. The van der Waals surface area contributed by atoms with Gasteiger partial charge in [-0.3, -0.25) is 0 Å². The van der Waals surface area contributed by atoms with Gasteiger partial charge in [0, 0.05) is 25.0 Å². The lowest BCUT2D eigenvalue weighted by molar-refractivity contribution is 0.721. The van der Waals surface area contributed by atoms with Crippen LogP contribution in [0.2, 0.25) is 10.0 Å². The van der Waals surface area contributed by atoms with Crippen molar-refractivity contribution in [2.45, 2.75) is 12.5 Å². The second-order valence-electron chi connectivity index (χ2n) is 4.22. The van der Waals surface area contributed by atoms with Gasteiger partial charge in [-0.25, -0.2) is 0 Å². The fourth-order valence-corrected chi connectivity index (χ4v) is 2.91. The third-order valence-electron chi connectivity index (χ3n) is 2.83. The van der Waals surface area contributed by atoms with E-state index in [0.717, 1.165) is 20.1 Å². The zero-order valence-corrected chi connectivity index (χ0v) is 14.5. The number of hydrogen-bond donors (Lipinski definition) is 1. The molecule has 0 aliphatic rings. The Bertz CT molecular complexity index is 602. The van der Waals surface area contributed by atoms with Crippen LogP contribution in [-0.2, 0) is 6.42 Å². The summed E-state index contributed by atoms with van der Waals surface area (Å²) in [5.41, 5.74) is 8.28. The van der Waals surface area contributed by atoms with Gasteiger partial charge in [0.2, 0.25) is 0 Å². The van der Waals surface area contributed by atoms with Crippen molar-refractivity contribution in [3.05, 3.63) is 66.5 Å². The molecule has 0 bridgehead atoms. The van der Waals surface area contributed by atoms with Crippen LogP contribution in [0.3, 0.4) is 0 Å². The molecule has 0 saturated carbocycles. The molecule has 0 aliphatic carbocycles. The third-order valence-corrected chi connectivity index (χ3v) is 5.29. The van der Waals surface area contributed by atoms with Crippen LogP contribution < -0.4 is 5.73 Å². The van der Waals surface area contributed by atoms with E-state index in [1.54, 1.807) is 6.07 Å². The molecule has 100 valence electrons. The summed E-state index contributed by atoms with van der Waals surface area (Å²) in [5.74, 6) is 0. The smallest absolute Gasteiger partial charge is 0.0453 e. The molecule has 2 aromatic carbocycles. The van der Waals surface area contributed by atoms with Crippen LogP contribution in [-0.4, -0.2) is 0 Å². The molecule has 19 heavy (non-hydrogen) atoms. The molecule has 0 spiro atoms. The molecule has 0 saturated heterocycles. The van der Waals surface area contributed by atoms with Crippen LogP contribution in [0, 0.1) is 0 Å². The second kappa shape index (κ2) is 6.59. The van der Waals surface area contributed by atoms with E-state index in [2.05, 4.69) is 31.9 Å². The van der Waals surface area contributed by atoms with Crippen molar-refractivity contribution >= 4 is 55.1 Å². The average molecular weight is 424 g/mol. The fourth-order valence-electron chi connectivity index (χ4n) is 1.79. The minimum atomic E-state index is -0.108. The SMILES string of the molecule is NC(Cc1ccc(Cl)cc1Cl)c1ccc(Br)c(Br)c1. The molecule has 0 aliphatic heterocycles. The molecule has 1 atom stereocenters. The maximum atomic E-state index is 6.23. The largest absolute Gasteiger partial charge is 0.324 e. The maximum absolute atomic E-state index is 6.23. The van der Waals surface area contributed by atoms with E-state index in [1.165, 1.54) is 0 Å². The maximum Gasteiger partial charge on any atom is 0.0453 e. The molecule has 2 N–H and O–H groups in total. The Labute approximate surface area is 139 Å². The molecule has 2 rings (SSSR count). The predicted molar refractivity (Wildman–Crippen MR) is 88.9 cm³/mol. The highest BCUT2D eigenvalue weighted by atomic mass is 79.9. The minimum Gasteiger partial charge on any atom is -0.324 e.